The molecule has 4 heterocycles. The number of halogens is 1. The molecule has 2 fully saturated rings. The minimum absolute atomic E-state index is 0.186. The molecule has 6 rings (SSSR count). The van der Waals surface area contributed by atoms with Crippen LogP contribution in [0.4, 0.5) is 5.69 Å². The molecule has 1 unspecified atom stereocenters. The topological polar surface area (TPSA) is 90.4 Å². The molecule has 0 aromatic heterocycles. The van der Waals surface area contributed by atoms with Crippen LogP contribution in [0, 0.1) is 11.8 Å². The summed E-state index contributed by atoms with van der Waals surface area (Å²) in [7, 11) is 0. The van der Waals surface area contributed by atoms with Crippen molar-refractivity contribution >= 4 is 35.0 Å². The van der Waals surface area contributed by atoms with Crippen LogP contribution < -0.4 is 4.90 Å². The summed E-state index contributed by atoms with van der Waals surface area (Å²) in [5.74, 6) is -2.63. The highest BCUT2D eigenvalue weighted by Gasteiger charge is 2.75. The first-order valence-electron chi connectivity index (χ1n) is 14.1. The summed E-state index contributed by atoms with van der Waals surface area (Å²) in [5, 5.41) is 10.9. The van der Waals surface area contributed by atoms with Gasteiger partial charge in [-0.2, -0.15) is 0 Å². The highest BCUT2D eigenvalue weighted by molar-refractivity contribution is 6.30. The highest BCUT2D eigenvalue weighted by Crippen LogP contribution is 2.58. The molecular formula is C32H34ClN3O5. The van der Waals surface area contributed by atoms with Gasteiger partial charge >= 0.3 is 0 Å². The van der Waals surface area contributed by atoms with Gasteiger partial charge in [0, 0.05) is 30.3 Å². The Labute approximate surface area is 244 Å². The zero-order valence-electron chi connectivity index (χ0n) is 23.2. The fraction of sp³-hybridized carbons (Fsp3) is 0.406. The number of aliphatic hydroxyl groups is 1. The van der Waals surface area contributed by atoms with Crippen LogP contribution in [0.25, 0.3) is 0 Å². The van der Waals surface area contributed by atoms with Crippen LogP contribution in [0.3, 0.4) is 0 Å². The molecule has 8 nitrogen and oxygen atoms in total. The van der Waals surface area contributed by atoms with Crippen LogP contribution in [0.2, 0.25) is 5.02 Å². The zero-order chi connectivity index (χ0) is 28.9. The molecule has 4 aliphatic heterocycles. The predicted molar refractivity (Wildman–Crippen MR) is 155 cm³/mol. The number of hydrogen-bond donors (Lipinski definition) is 1. The Morgan fingerprint density at radius 1 is 0.951 bits per heavy atom. The van der Waals surface area contributed by atoms with Gasteiger partial charge in [0.2, 0.25) is 11.8 Å². The lowest BCUT2D eigenvalue weighted by molar-refractivity contribution is -0.151. The van der Waals surface area contributed by atoms with Gasteiger partial charge in [-0.15, -0.1) is 0 Å². The average Bonchev–Trinajstić information content (AvgIpc) is 3.24. The molecule has 0 radical (unpaired) electrons. The molecule has 6 atom stereocenters. The Bertz CT molecular complexity index is 1410. The number of fused-ring (bicyclic) bond motifs is 2. The fourth-order valence-electron chi connectivity index (χ4n) is 7.12. The molecule has 0 saturated carbocycles. The number of amides is 3. The summed E-state index contributed by atoms with van der Waals surface area (Å²) >= 11 is 6.12. The van der Waals surface area contributed by atoms with E-state index in [-0.39, 0.29) is 30.9 Å². The zero-order valence-corrected chi connectivity index (χ0v) is 23.9. The van der Waals surface area contributed by atoms with Gasteiger partial charge < -0.3 is 24.5 Å². The molecule has 1 spiro atoms. The van der Waals surface area contributed by atoms with Gasteiger partial charge in [-0.1, -0.05) is 73.2 Å². The van der Waals surface area contributed by atoms with Crippen molar-refractivity contribution in [2.45, 2.75) is 50.1 Å². The third kappa shape index (κ3) is 4.31. The summed E-state index contributed by atoms with van der Waals surface area (Å²) in [4.78, 5) is 48.2. The summed E-state index contributed by atoms with van der Waals surface area (Å²) in [6, 6.07) is 15.0. The fourth-order valence-corrected chi connectivity index (χ4v) is 7.24. The SMILES string of the molecule is CC[C@@H](CO)N1C(=O)[C@@H]2[C@@H]3C(=O)N(Cc4ccccc4)CC=C[C@]3(C)O[C@@]23C=CCN(c2ccc(Cl)cc2)C(=O)C13. The van der Waals surface area contributed by atoms with Crippen LogP contribution in [0.1, 0.15) is 25.8 Å². The Morgan fingerprint density at radius 2 is 1.66 bits per heavy atom. The van der Waals surface area contributed by atoms with E-state index in [2.05, 4.69) is 0 Å². The van der Waals surface area contributed by atoms with Gasteiger partial charge in [0.15, 0.2) is 0 Å². The normalized spacial score (nSPS) is 31.6. The van der Waals surface area contributed by atoms with Crippen LogP contribution in [0.5, 0.6) is 0 Å². The molecule has 4 aliphatic rings. The highest BCUT2D eigenvalue weighted by atomic mass is 35.5. The largest absolute Gasteiger partial charge is 0.394 e. The molecule has 41 heavy (non-hydrogen) atoms. The molecule has 9 heteroatoms. The van der Waals surface area contributed by atoms with Crippen molar-refractivity contribution in [3.8, 4) is 0 Å². The Balaban J connectivity index is 1.45. The summed E-state index contributed by atoms with van der Waals surface area (Å²) in [6.07, 6.45) is 7.91. The van der Waals surface area contributed by atoms with Gasteiger partial charge in [0.05, 0.1) is 30.1 Å². The number of benzene rings is 2. The van der Waals surface area contributed by atoms with Crippen LogP contribution >= 0.6 is 11.6 Å². The van der Waals surface area contributed by atoms with Crippen LogP contribution in [0.15, 0.2) is 78.9 Å². The van der Waals surface area contributed by atoms with Gasteiger partial charge in [0.25, 0.3) is 5.91 Å². The second-order valence-electron chi connectivity index (χ2n) is 11.4. The first-order valence-corrected chi connectivity index (χ1v) is 14.5. The number of likely N-dealkylation sites (tertiary alicyclic amines) is 1. The third-order valence-electron chi connectivity index (χ3n) is 9.01. The van der Waals surface area contributed by atoms with E-state index in [0.29, 0.717) is 30.2 Å². The first-order chi connectivity index (χ1) is 19.7. The van der Waals surface area contributed by atoms with E-state index in [1.54, 1.807) is 34.1 Å². The number of hydrogen-bond acceptors (Lipinski definition) is 5. The monoisotopic (exact) mass is 575 g/mol. The Kier molecular flexibility index (Phi) is 7.04. The van der Waals surface area contributed by atoms with E-state index >= 15 is 0 Å². The van der Waals surface area contributed by atoms with Crippen LogP contribution in [-0.4, -0.2) is 75.6 Å². The van der Waals surface area contributed by atoms with Gasteiger partial charge in [-0.25, -0.2) is 0 Å². The molecule has 2 saturated heterocycles. The van der Waals surface area contributed by atoms with Crippen molar-refractivity contribution in [1.29, 1.82) is 0 Å². The van der Waals surface area contributed by atoms with E-state index in [9.17, 15) is 19.5 Å². The number of nitrogens with zero attached hydrogens (tertiary/aromatic N) is 3. The number of ether oxygens (including phenoxy) is 1. The van der Waals surface area contributed by atoms with Gasteiger partial charge in [-0.05, 0) is 43.2 Å². The number of carbonyl (C=O) groups excluding carboxylic acids is 3. The molecule has 0 bridgehead atoms. The number of rotatable bonds is 6. The predicted octanol–water partition coefficient (Wildman–Crippen LogP) is 3.58. The maximum atomic E-state index is 14.5. The number of anilines is 1. The van der Waals surface area contributed by atoms with E-state index in [0.717, 1.165) is 5.56 Å². The summed E-state index contributed by atoms with van der Waals surface area (Å²) in [6.45, 7) is 4.44. The van der Waals surface area contributed by atoms with E-state index < -0.39 is 35.1 Å². The van der Waals surface area contributed by atoms with Crippen molar-refractivity contribution in [3.63, 3.8) is 0 Å². The van der Waals surface area contributed by atoms with Gasteiger partial charge in [-0.3, -0.25) is 14.4 Å². The van der Waals surface area contributed by atoms with Crippen molar-refractivity contribution in [2.75, 3.05) is 24.6 Å². The molecule has 214 valence electrons. The maximum absolute atomic E-state index is 14.5. The summed E-state index contributed by atoms with van der Waals surface area (Å²) < 4.78 is 6.88. The van der Waals surface area contributed by atoms with Crippen molar-refractivity contribution < 1.29 is 24.2 Å². The smallest absolute Gasteiger partial charge is 0.253 e. The van der Waals surface area contributed by atoms with Crippen molar-refractivity contribution in [3.05, 3.63) is 89.5 Å². The molecular weight excluding hydrogens is 542 g/mol. The lowest BCUT2D eigenvalue weighted by Gasteiger charge is -2.40. The molecule has 2 aromatic carbocycles. The minimum Gasteiger partial charge on any atom is -0.394 e. The van der Waals surface area contributed by atoms with E-state index in [1.165, 1.54) is 4.90 Å². The van der Waals surface area contributed by atoms with Crippen LogP contribution in [-0.2, 0) is 25.7 Å². The number of aliphatic hydroxyl groups excluding tert-OH is 1. The lowest BCUT2D eigenvalue weighted by Crippen LogP contribution is -2.58. The quantitative estimate of drug-likeness (QED) is 0.532. The Morgan fingerprint density at radius 3 is 2.34 bits per heavy atom. The second-order valence-corrected chi connectivity index (χ2v) is 11.9. The van der Waals surface area contributed by atoms with E-state index in [1.807, 2.05) is 68.5 Å². The second kappa shape index (κ2) is 10.4. The minimum atomic E-state index is -1.38. The standard InChI is InChI=1S/C32H34ClN3O5/c1-3-23(20-37)36-27-30(40)35(24-13-11-22(33)12-14-24)18-8-16-32(27)26(29(36)39)25-28(38)34(17-7-15-31(25,2)41-32)19-21-9-5-4-6-10-21/h4-16,23,25-27,37H,3,17-20H2,1-2H3/t23-,25+,26-,27?,31-,32-/m0/s1. The average molecular weight is 576 g/mol. The summed E-state index contributed by atoms with van der Waals surface area (Å²) in [5.41, 5.74) is -0.864. The molecule has 3 amide bonds. The number of carbonyl (C=O) groups is 3. The van der Waals surface area contributed by atoms with Crippen molar-refractivity contribution in [1.82, 2.24) is 9.80 Å². The molecule has 0 aliphatic carbocycles. The third-order valence-corrected chi connectivity index (χ3v) is 9.26. The van der Waals surface area contributed by atoms with Gasteiger partial charge in [0.1, 0.15) is 11.6 Å². The first kappa shape index (κ1) is 27.7. The lowest BCUT2D eigenvalue weighted by atomic mass is 9.74. The molecule has 1 N–H and O–H groups in total. The molecule has 2 aromatic rings. The van der Waals surface area contributed by atoms with E-state index in [4.69, 9.17) is 16.3 Å². The maximum Gasteiger partial charge on any atom is 0.253 e. The van der Waals surface area contributed by atoms with Crippen molar-refractivity contribution in [2.24, 2.45) is 11.8 Å². The Hall–Kier alpha value is -3.46.